The van der Waals surface area contributed by atoms with Crippen molar-refractivity contribution in [2.24, 2.45) is 0 Å². The summed E-state index contributed by atoms with van der Waals surface area (Å²) in [5.74, 6) is 2.39. The zero-order chi connectivity index (χ0) is 23.0. The average molecular weight is 446 g/mol. The molecular formula is C26H23FN2O4. The lowest BCUT2D eigenvalue weighted by atomic mass is 10.1. The third-order valence-electron chi connectivity index (χ3n) is 4.95. The number of furan rings is 1. The quantitative estimate of drug-likeness (QED) is 0.366. The highest BCUT2D eigenvalue weighted by Gasteiger charge is 2.11. The number of hydrogen-bond acceptors (Lipinski definition) is 5. The molecule has 1 amide bonds. The van der Waals surface area contributed by atoms with Crippen molar-refractivity contribution in [2.45, 2.75) is 19.4 Å². The van der Waals surface area contributed by atoms with E-state index in [1.807, 2.05) is 24.3 Å². The molecule has 1 N–H and O–H groups in total. The SMILES string of the molecule is COc1cccc(Oc2ccc(CNC(=O)CCc3ccc(-c4ccccc4F)o3)cn2)c1. The van der Waals surface area contributed by atoms with Crippen molar-refractivity contribution >= 4 is 5.91 Å². The number of carbonyl (C=O) groups is 1. The van der Waals surface area contributed by atoms with Gasteiger partial charge in [-0.15, -0.1) is 0 Å². The summed E-state index contributed by atoms with van der Waals surface area (Å²) in [6.07, 6.45) is 2.34. The van der Waals surface area contributed by atoms with Gasteiger partial charge >= 0.3 is 0 Å². The Balaban J connectivity index is 1.24. The van der Waals surface area contributed by atoms with Crippen LogP contribution in [0.25, 0.3) is 11.3 Å². The van der Waals surface area contributed by atoms with Crippen LogP contribution in [0.1, 0.15) is 17.7 Å². The van der Waals surface area contributed by atoms with Crippen LogP contribution < -0.4 is 14.8 Å². The summed E-state index contributed by atoms with van der Waals surface area (Å²) < 4.78 is 30.5. The molecule has 0 bridgehead atoms. The summed E-state index contributed by atoms with van der Waals surface area (Å²) in [5.41, 5.74) is 1.25. The van der Waals surface area contributed by atoms with Gasteiger partial charge in [0.2, 0.25) is 11.8 Å². The first kappa shape index (κ1) is 22.1. The molecule has 2 aromatic heterocycles. The zero-order valence-electron chi connectivity index (χ0n) is 18.1. The molecule has 2 heterocycles. The molecule has 0 saturated heterocycles. The molecule has 0 fully saturated rings. The third kappa shape index (κ3) is 5.98. The lowest BCUT2D eigenvalue weighted by molar-refractivity contribution is -0.121. The van der Waals surface area contributed by atoms with Crippen LogP contribution in [0, 0.1) is 5.82 Å². The molecule has 4 aromatic rings. The predicted molar refractivity (Wildman–Crippen MR) is 122 cm³/mol. The van der Waals surface area contributed by atoms with Gasteiger partial charge < -0.3 is 19.2 Å². The first-order valence-electron chi connectivity index (χ1n) is 10.5. The van der Waals surface area contributed by atoms with Crippen molar-refractivity contribution in [1.82, 2.24) is 10.3 Å². The number of aryl methyl sites for hydroxylation is 1. The molecule has 0 radical (unpaired) electrons. The van der Waals surface area contributed by atoms with Crippen LogP contribution >= 0.6 is 0 Å². The molecule has 4 rings (SSSR count). The van der Waals surface area contributed by atoms with Crippen molar-refractivity contribution in [3.63, 3.8) is 0 Å². The molecule has 0 aliphatic heterocycles. The Kier molecular flexibility index (Phi) is 6.99. The monoisotopic (exact) mass is 446 g/mol. The van der Waals surface area contributed by atoms with Crippen molar-refractivity contribution in [3.8, 4) is 28.7 Å². The van der Waals surface area contributed by atoms with E-state index >= 15 is 0 Å². The minimum absolute atomic E-state index is 0.115. The average Bonchev–Trinajstić information content (AvgIpc) is 3.31. The Morgan fingerprint density at radius 2 is 1.88 bits per heavy atom. The number of aromatic nitrogens is 1. The number of carbonyl (C=O) groups excluding carboxylic acids is 1. The van der Waals surface area contributed by atoms with Crippen LogP contribution in [-0.4, -0.2) is 18.0 Å². The maximum atomic E-state index is 13.9. The van der Waals surface area contributed by atoms with Gasteiger partial charge in [-0.05, 0) is 42.0 Å². The molecule has 0 unspecified atom stereocenters. The standard InChI is InChI=1S/C26H23FN2O4/c1-31-20-5-4-6-21(15-20)33-26-14-9-18(17-29-26)16-28-25(30)13-11-19-10-12-24(32-19)22-7-2-3-8-23(22)27/h2-10,12,14-15,17H,11,13,16H2,1H3,(H,28,30). The first-order valence-corrected chi connectivity index (χ1v) is 10.5. The van der Waals surface area contributed by atoms with E-state index in [-0.39, 0.29) is 18.1 Å². The molecule has 0 aliphatic carbocycles. The van der Waals surface area contributed by atoms with Gasteiger partial charge in [-0.3, -0.25) is 4.79 Å². The number of benzene rings is 2. The Bertz CT molecular complexity index is 1220. The van der Waals surface area contributed by atoms with Gasteiger partial charge in [0.25, 0.3) is 0 Å². The Morgan fingerprint density at radius 1 is 1.03 bits per heavy atom. The predicted octanol–water partition coefficient (Wildman–Crippen LogP) is 5.53. The largest absolute Gasteiger partial charge is 0.497 e. The Morgan fingerprint density at radius 3 is 2.67 bits per heavy atom. The van der Waals surface area contributed by atoms with Gasteiger partial charge in [0.15, 0.2) is 0 Å². The molecule has 0 atom stereocenters. The molecule has 7 heteroatoms. The number of nitrogens with zero attached hydrogens (tertiary/aromatic N) is 1. The highest BCUT2D eigenvalue weighted by Crippen LogP contribution is 2.26. The minimum Gasteiger partial charge on any atom is -0.497 e. The van der Waals surface area contributed by atoms with Crippen LogP contribution in [0.5, 0.6) is 17.4 Å². The first-order chi connectivity index (χ1) is 16.1. The highest BCUT2D eigenvalue weighted by molar-refractivity contribution is 5.76. The van der Waals surface area contributed by atoms with E-state index in [0.29, 0.717) is 47.4 Å². The van der Waals surface area contributed by atoms with E-state index in [1.54, 1.807) is 55.8 Å². The van der Waals surface area contributed by atoms with E-state index < -0.39 is 0 Å². The molecule has 0 spiro atoms. The van der Waals surface area contributed by atoms with E-state index in [0.717, 1.165) is 5.56 Å². The summed E-state index contributed by atoms with van der Waals surface area (Å²) in [4.78, 5) is 16.5. The second-order valence-corrected chi connectivity index (χ2v) is 7.31. The number of ether oxygens (including phenoxy) is 2. The lowest BCUT2D eigenvalue weighted by Crippen LogP contribution is -2.23. The fourth-order valence-electron chi connectivity index (χ4n) is 3.21. The molecule has 6 nitrogen and oxygen atoms in total. The minimum atomic E-state index is -0.343. The van der Waals surface area contributed by atoms with Crippen LogP contribution in [0.4, 0.5) is 4.39 Å². The van der Waals surface area contributed by atoms with E-state index in [9.17, 15) is 9.18 Å². The van der Waals surface area contributed by atoms with E-state index in [1.165, 1.54) is 6.07 Å². The summed E-state index contributed by atoms with van der Waals surface area (Å²) in [7, 11) is 1.60. The lowest BCUT2D eigenvalue weighted by Gasteiger charge is -2.08. The zero-order valence-corrected chi connectivity index (χ0v) is 18.1. The van der Waals surface area contributed by atoms with Crippen LogP contribution in [-0.2, 0) is 17.8 Å². The normalized spacial score (nSPS) is 10.6. The topological polar surface area (TPSA) is 73.6 Å². The number of pyridine rings is 1. The smallest absolute Gasteiger partial charge is 0.220 e. The molecule has 168 valence electrons. The molecular weight excluding hydrogens is 423 g/mol. The van der Waals surface area contributed by atoms with Crippen LogP contribution in [0.15, 0.2) is 83.4 Å². The van der Waals surface area contributed by atoms with Gasteiger partial charge in [-0.25, -0.2) is 9.37 Å². The second-order valence-electron chi connectivity index (χ2n) is 7.31. The van der Waals surface area contributed by atoms with Gasteiger partial charge in [-0.2, -0.15) is 0 Å². The Labute approximate surface area is 191 Å². The molecule has 0 aliphatic rings. The molecule has 2 aromatic carbocycles. The summed E-state index contributed by atoms with van der Waals surface area (Å²) in [5, 5.41) is 2.86. The number of halogens is 1. The fourth-order valence-corrected chi connectivity index (χ4v) is 3.21. The van der Waals surface area contributed by atoms with Crippen LogP contribution in [0.3, 0.4) is 0 Å². The summed E-state index contributed by atoms with van der Waals surface area (Å²) in [6.45, 7) is 0.351. The van der Waals surface area contributed by atoms with Crippen molar-refractivity contribution in [2.75, 3.05) is 7.11 Å². The number of methoxy groups -OCH3 is 1. The molecule has 33 heavy (non-hydrogen) atoms. The van der Waals surface area contributed by atoms with E-state index in [2.05, 4.69) is 10.3 Å². The number of rotatable bonds is 9. The maximum absolute atomic E-state index is 13.9. The van der Waals surface area contributed by atoms with Crippen molar-refractivity contribution in [3.05, 3.63) is 96.1 Å². The van der Waals surface area contributed by atoms with Crippen molar-refractivity contribution < 1.29 is 23.1 Å². The van der Waals surface area contributed by atoms with Crippen molar-refractivity contribution in [1.29, 1.82) is 0 Å². The number of nitrogens with one attached hydrogen (secondary N) is 1. The second kappa shape index (κ2) is 10.5. The maximum Gasteiger partial charge on any atom is 0.220 e. The number of amides is 1. The number of hydrogen-bond donors (Lipinski definition) is 1. The van der Waals surface area contributed by atoms with Gasteiger partial charge in [0, 0.05) is 37.7 Å². The Hall–Kier alpha value is -4.13. The van der Waals surface area contributed by atoms with Gasteiger partial charge in [0.1, 0.15) is 28.8 Å². The fraction of sp³-hybridized carbons (Fsp3) is 0.154. The van der Waals surface area contributed by atoms with Gasteiger partial charge in [-0.1, -0.05) is 24.3 Å². The molecule has 0 saturated carbocycles. The van der Waals surface area contributed by atoms with Crippen LogP contribution in [0.2, 0.25) is 0 Å². The highest BCUT2D eigenvalue weighted by atomic mass is 19.1. The summed E-state index contributed by atoms with van der Waals surface area (Å²) in [6, 6.07) is 20.7. The van der Waals surface area contributed by atoms with E-state index in [4.69, 9.17) is 13.9 Å². The summed E-state index contributed by atoms with van der Waals surface area (Å²) >= 11 is 0. The third-order valence-corrected chi connectivity index (χ3v) is 4.95. The van der Waals surface area contributed by atoms with Gasteiger partial charge in [0.05, 0.1) is 12.7 Å².